The third-order valence-corrected chi connectivity index (χ3v) is 1.56. The highest BCUT2D eigenvalue weighted by Crippen LogP contribution is 2.10. The van der Waals surface area contributed by atoms with E-state index in [1.807, 2.05) is 13.8 Å². The van der Waals surface area contributed by atoms with Gasteiger partial charge in [0.15, 0.2) is 0 Å². The molecule has 0 unspecified atom stereocenters. The molecule has 0 aliphatic rings. The molecule has 0 aliphatic heterocycles. The monoisotopic (exact) mass is 176 g/mol. The summed E-state index contributed by atoms with van der Waals surface area (Å²) in [5.74, 6) is 0.963. The molecular weight excluding hydrogens is 148 g/mol. The first-order valence-corrected chi connectivity index (χ1v) is 5.26. The van der Waals surface area contributed by atoms with Crippen LogP contribution in [0.4, 0.5) is 0 Å². The zero-order chi connectivity index (χ0) is 10.4. The summed E-state index contributed by atoms with van der Waals surface area (Å²) in [6, 6.07) is 0. The van der Waals surface area contributed by atoms with Crippen LogP contribution < -0.4 is 0 Å². The predicted octanol–water partition coefficient (Wildman–Crippen LogP) is 3.86. The van der Waals surface area contributed by atoms with Gasteiger partial charge in [-0.2, -0.15) is 0 Å². The molecule has 12 heavy (non-hydrogen) atoms. The summed E-state index contributed by atoms with van der Waals surface area (Å²) in [4.78, 5) is 0. The van der Waals surface area contributed by atoms with Crippen molar-refractivity contribution in [2.75, 3.05) is 7.11 Å². The van der Waals surface area contributed by atoms with Gasteiger partial charge >= 0.3 is 0 Å². The van der Waals surface area contributed by atoms with Crippen molar-refractivity contribution in [1.29, 1.82) is 0 Å². The van der Waals surface area contributed by atoms with E-state index in [9.17, 15) is 0 Å². The highest BCUT2D eigenvalue weighted by atomic mass is 16.2. The number of aliphatic hydroxyl groups excluding tert-OH is 1. The van der Waals surface area contributed by atoms with Crippen molar-refractivity contribution in [3.63, 3.8) is 0 Å². The molecule has 0 rings (SSSR count). The molecule has 0 saturated carbocycles. The first kappa shape index (κ1) is 17.9. The predicted molar refractivity (Wildman–Crippen MR) is 58.5 cm³/mol. The average molecular weight is 176 g/mol. The molecule has 0 aromatic heterocycles. The Morgan fingerprint density at radius 3 is 1.33 bits per heavy atom. The van der Waals surface area contributed by atoms with E-state index in [2.05, 4.69) is 20.8 Å². The van der Waals surface area contributed by atoms with E-state index in [1.165, 1.54) is 25.7 Å². The van der Waals surface area contributed by atoms with E-state index in [-0.39, 0.29) is 0 Å². The lowest BCUT2D eigenvalue weighted by molar-refractivity contribution is 0.399. The second-order valence-corrected chi connectivity index (χ2v) is 2.68. The van der Waals surface area contributed by atoms with Gasteiger partial charge in [0.2, 0.25) is 0 Å². The average Bonchev–Trinajstić information content (AvgIpc) is 2.12. The van der Waals surface area contributed by atoms with Crippen molar-refractivity contribution in [2.24, 2.45) is 5.92 Å². The maximum absolute atomic E-state index is 7.00. The van der Waals surface area contributed by atoms with Crippen LogP contribution in [0.15, 0.2) is 0 Å². The zero-order valence-electron chi connectivity index (χ0n) is 9.85. The fourth-order valence-electron chi connectivity index (χ4n) is 1.13. The van der Waals surface area contributed by atoms with Gasteiger partial charge in [0.1, 0.15) is 0 Å². The first-order valence-electron chi connectivity index (χ1n) is 5.26. The van der Waals surface area contributed by atoms with E-state index in [1.54, 1.807) is 0 Å². The normalized spacial score (nSPS) is 8.00. The standard InChI is InChI=1S/C8H18.C2H6.CH4O/c1-4-6-8(3)7-5-2;2*1-2/h8H,4-7H2,1-3H3;1-2H3;2H,1H3. The molecule has 78 valence electrons. The Labute approximate surface area is 79.2 Å². The van der Waals surface area contributed by atoms with Crippen LogP contribution in [-0.2, 0) is 0 Å². The van der Waals surface area contributed by atoms with Gasteiger partial charge in [0.25, 0.3) is 0 Å². The largest absolute Gasteiger partial charge is 0.400 e. The van der Waals surface area contributed by atoms with Gasteiger partial charge in [-0.25, -0.2) is 0 Å². The molecule has 1 N–H and O–H groups in total. The number of hydrogen-bond donors (Lipinski definition) is 1. The van der Waals surface area contributed by atoms with E-state index in [4.69, 9.17) is 5.11 Å². The van der Waals surface area contributed by atoms with Gasteiger partial charge < -0.3 is 5.11 Å². The molecule has 0 spiro atoms. The van der Waals surface area contributed by atoms with Gasteiger partial charge in [0.05, 0.1) is 0 Å². The molecule has 0 heterocycles. The molecule has 0 fully saturated rings. The highest BCUT2D eigenvalue weighted by Gasteiger charge is 1.95. The molecule has 1 nitrogen and oxygen atoms in total. The van der Waals surface area contributed by atoms with Crippen LogP contribution in [0.25, 0.3) is 0 Å². The Kier molecular flexibility index (Phi) is 33.5. The second kappa shape index (κ2) is 22.4. The second-order valence-electron chi connectivity index (χ2n) is 2.68. The summed E-state index contributed by atoms with van der Waals surface area (Å²) in [6.45, 7) is 10.9. The van der Waals surface area contributed by atoms with Crippen LogP contribution >= 0.6 is 0 Å². The lowest BCUT2D eigenvalue weighted by Crippen LogP contribution is -1.91. The molecule has 0 bridgehead atoms. The summed E-state index contributed by atoms with van der Waals surface area (Å²) in [5.41, 5.74) is 0. The van der Waals surface area contributed by atoms with Crippen LogP contribution in [0.2, 0.25) is 0 Å². The van der Waals surface area contributed by atoms with Crippen molar-refractivity contribution in [3.05, 3.63) is 0 Å². The molecule has 0 aromatic carbocycles. The highest BCUT2D eigenvalue weighted by molar-refractivity contribution is 4.48. The molecule has 0 aliphatic carbocycles. The lowest BCUT2D eigenvalue weighted by atomic mass is 10.0. The molecule has 0 radical (unpaired) electrons. The zero-order valence-corrected chi connectivity index (χ0v) is 9.85. The van der Waals surface area contributed by atoms with Crippen LogP contribution in [0, 0.1) is 5.92 Å². The minimum absolute atomic E-state index is 0.963. The Balaban J connectivity index is -0.000000175. The Morgan fingerprint density at radius 1 is 0.917 bits per heavy atom. The summed E-state index contributed by atoms with van der Waals surface area (Å²) in [7, 11) is 1.00. The third-order valence-electron chi connectivity index (χ3n) is 1.56. The van der Waals surface area contributed by atoms with Gasteiger partial charge in [-0.3, -0.25) is 0 Å². The molecule has 0 atom stereocenters. The van der Waals surface area contributed by atoms with E-state index >= 15 is 0 Å². The molecule has 0 saturated heterocycles. The maximum atomic E-state index is 7.00. The topological polar surface area (TPSA) is 20.2 Å². The number of rotatable bonds is 4. The van der Waals surface area contributed by atoms with Crippen LogP contribution in [0.3, 0.4) is 0 Å². The minimum Gasteiger partial charge on any atom is -0.400 e. The van der Waals surface area contributed by atoms with Crippen LogP contribution in [0.5, 0.6) is 0 Å². The number of hydrogen-bond acceptors (Lipinski definition) is 1. The van der Waals surface area contributed by atoms with E-state index in [0.29, 0.717) is 0 Å². The third kappa shape index (κ3) is 22.5. The quantitative estimate of drug-likeness (QED) is 0.689. The van der Waals surface area contributed by atoms with Crippen molar-refractivity contribution in [2.45, 2.75) is 60.3 Å². The Bertz CT molecular complexity index is 38.3. The van der Waals surface area contributed by atoms with Gasteiger partial charge in [-0.15, -0.1) is 0 Å². The molecular formula is C11H28O. The fraction of sp³-hybridized carbons (Fsp3) is 1.00. The maximum Gasteiger partial charge on any atom is 0.0319 e. The van der Waals surface area contributed by atoms with Gasteiger partial charge in [-0.1, -0.05) is 60.3 Å². The minimum atomic E-state index is 0.963. The van der Waals surface area contributed by atoms with E-state index in [0.717, 1.165) is 13.0 Å². The summed E-state index contributed by atoms with van der Waals surface area (Å²) in [6.07, 6.45) is 5.52. The summed E-state index contributed by atoms with van der Waals surface area (Å²) in [5, 5.41) is 7.00. The van der Waals surface area contributed by atoms with Crippen molar-refractivity contribution >= 4 is 0 Å². The van der Waals surface area contributed by atoms with Crippen molar-refractivity contribution in [1.82, 2.24) is 0 Å². The molecule has 1 heteroatoms. The number of aliphatic hydroxyl groups is 1. The van der Waals surface area contributed by atoms with Crippen molar-refractivity contribution in [3.8, 4) is 0 Å². The fourth-order valence-corrected chi connectivity index (χ4v) is 1.13. The Hall–Kier alpha value is -0.0400. The summed E-state index contributed by atoms with van der Waals surface area (Å²) < 4.78 is 0. The first-order chi connectivity index (χ1) is 5.81. The van der Waals surface area contributed by atoms with Crippen LogP contribution in [0.1, 0.15) is 60.3 Å². The van der Waals surface area contributed by atoms with Crippen LogP contribution in [-0.4, -0.2) is 12.2 Å². The smallest absolute Gasteiger partial charge is 0.0319 e. The van der Waals surface area contributed by atoms with Gasteiger partial charge in [0, 0.05) is 7.11 Å². The SMILES string of the molecule is CC.CCCC(C)CCC.CO. The van der Waals surface area contributed by atoms with E-state index < -0.39 is 0 Å². The lowest BCUT2D eigenvalue weighted by Gasteiger charge is -2.05. The molecule has 0 amide bonds. The Morgan fingerprint density at radius 2 is 1.17 bits per heavy atom. The molecule has 0 aromatic rings. The summed E-state index contributed by atoms with van der Waals surface area (Å²) >= 11 is 0. The van der Waals surface area contributed by atoms with Gasteiger partial charge in [-0.05, 0) is 5.92 Å². The van der Waals surface area contributed by atoms with Crippen molar-refractivity contribution < 1.29 is 5.11 Å².